The summed E-state index contributed by atoms with van der Waals surface area (Å²) in [4.78, 5) is 6.52. The first kappa shape index (κ1) is 17.0. The molecule has 0 radical (unpaired) electrons. The number of benzene rings is 1. The second-order valence-electron chi connectivity index (χ2n) is 7.05. The van der Waals surface area contributed by atoms with Crippen LogP contribution in [0.1, 0.15) is 55.1 Å². The van der Waals surface area contributed by atoms with Gasteiger partial charge < -0.3 is 0 Å². The van der Waals surface area contributed by atoms with Gasteiger partial charge in [-0.05, 0) is 30.5 Å². The molecule has 4 rings (SSSR count). The number of nitrogens with one attached hydrogen (secondary N) is 1. The number of rotatable bonds is 6. The van der Waals surface area contributed by atoms with E-state index in [1.165, 1.54) is 22.5 Å². The summed E-state index contributed by atoms with van der Waals surface area (Å²) in [5.41, 5.74) is 6.42. The van der Waals surface area contributed by atoms with Crippen LogP contribution in [0.4, 0.5) is 0 Å². The average molecular weight is 350 g/mol. The minimum absolute atomic E-state index is 0.567. The van der Waals surface area contributed by atoms with Gasteiger partial charge in [0.1, 0.15) is 12.7 Å². The van der Waals surface area contributed by atoms with E-state index in [4.69, 9.17) is 0 Å². The predicted molar refractivity (Wildman–Crippen MR) is 101 cm³/mol. The molecule has 0 saturated heterocycles. The number of hydrogen-bond donors (Lipinski definition) is 1. The molecule has 0 saturated carbocycles. The fraction of sp³-hybridized carbons (Fsp3) is 0.450. The summed E-state index contributed by atoms with van der Waals surface area (Å²) in [7, 11) is 0. The number of aromatic amines is 1. The molecule has 0 amide bonds. The molecule has 0 bridgehead atoms. The highest BCUT2D eigenvalue weighted by Gasteiger charge is 2.25. The lowest BCUT2D eigenvalue weighted by atomic mass is 9.93. The zero-order valence-corrected chi connectivity index (χ0v) is 15.5. The molecule has 6 nitrogen and oxygen atoms in total. The van der Waals surface area contributed by atoms with E-state index in [-0.39, 0.29) is 0 Å². The first-order chi connectivity index (χ1) is 12.8. The minimum atomic E-state index is 0.567. The van der Waals surface area contributed by atoms with Crippen molar-refractivity contribution in [3.63, 3.8) is 0 Å². The summed E-state index contributed by atoms with van der Waals surface area (Å²) >= 11 is 0. The fourth-order valence-corrected chi connectivity index (χ4v) is 3.87. The van der Waals surface area contributed by atoms with E-state index >= 15 is 0 Å². The van der Waals surface area contributed by atoms with Gasteiger partial charge in [-0.15, -0.1) is 0 Å². The zero-order chi connectivity index (χ0) is 17.9. The van der Waals surface area contributed by atoms with Crippen LogP contribution in [0.25, 0.3) is 5.69 Å². The second kappa shape index (κ2) is 7.41. The van der Waals surface area contributed by atoms with E-state index in [1.807, 2.05) is 0 Å². The van der Waals surface area contributed by atoms with E-state index in [9.17, 15) is 0 Å². The van der Waals surface area contributed by atoms with Gasteiger partial charge in [-0.25, -0.2) is 9.67 Å². The van der Waals surface area contributed by atoms with E-state index in [1.54, 1.807) is 17.3 Å². The summed E-state index contributed by atoms with van der Waals surface area (Å²) < 4.78 is 1.78. The van der Waals surface area contributed by atoms with Gasteiger partial charge in [0.15, 0.2) is 0 Å². The van der Waals surface area contributed by atoms with Gasteiger partial charge >= 0.3 is 0 Å². The van der Waals surface area contributed by atoms with E-state index in [2.05, 4.69) is 63.3 Å². The van der Waals surface area contributed by atoms with Crippen molar-refractivity contribution >= 4 is 0 Å². The highest BCUT2D eigenvalue weighted by atomic mass is 15.3. The molecule has 6 heteroatoms. The summed E-state index contributed by atoms with van der Waals surface area (Å²) in [5, 5.41) is 12.1. The number of hydrogen-bond acceptors (Lipinski definition) is 4. The van der Waals surface area contributed by atoms with Gasteiger partial charge in [0.25, 0.3) is 0 Å². The van der Waals surface area contributed by atoms with Gasteiger partial charge in [0.05, 0.1) is 11.4 Å². The molecule has 1 aromatic carbocycles. The Morgan fingerprint density at radius 1 is 1.15 bits per heavy atom. The monoisotopic (exact) mass is 350 g/mol. The van der Waals surface area contributed by atoms with E-state index in [0.717, 1.165) is 44.6 Å². The Hall–Kier alpha value is -2.47. The first-order valence-electron chi connectivity index (χ1n) is 9.50. The van der Waals surface area contributed by atoms with Crippen molar-refractivity contribution in [2.45, 2.75) is 52.1 Å². The molecule has 0 atom stereocenters. The lowest BCUT2D eigenvalue weighted by Crippen LogP contribution is -2.30. The van der Waals surface area contributed by atoms with Crippen molar-refractivity contribution < 1.29 is 0 Å². The Morgan fingerprint density at radius 2 is 1.96 bits per heavy atom. The highest BCUT2D eigenvalue weighted by molar-refractivity contribution is 5.34. The molecule has 26 heavy (non-hydrogen) atoms. The third-order valence-electron chi connectivity index (χ3n) is 5.44. The van der Waals surface area contributed by atoms with Gasteiger partial charge in [-0.3, -0.25) is 10.00 Å². The van der Waals surface area contributed by atoms with Gasteiger partial charge in [0.2, 0.25) is 0 Å². The first-order valence-corrected chi connectivity index (χ1v) is 9.50. The number of aromatic nitrogens is 5. The average Bonchev–Trinajstić information content (AvgIpc) is 3.34. The molecule has 136 valence electrons. The molecule has 1 N–H and O–H groups in total. The SMILES string of the molecule is CCC(CC)c1n[nH]c2c1CN(Cc1ccc(-n3cncn3)cc1)CC2. The molecule has 0 aliphatic carbocycles. The van der Waals surface area contributed by atoms with Crippen LogP contribution in [-0.2, 0) is 19.5 Å². The van der Waals surface area contributed by atoms with Crippen LogP contribution in [0.15, 0.2) is 36.9 Å². The predicted octanol–water partition coefficient (Wildman–Crippen LogP) is 3.45. The van der Waals surface area contributed by atoms with Crippen LogP contribution in [0.2, 0.25) is 0 Å². The third-order valence-corrected chi connectivity index (χ3v) is 5.44. The maximum Gasteiger partial charge on any atom is 0.138 e. The Labute approximate surface area is 154 Å². The Kier molecular flexibility index (Phi) is 4.84. The molecule has 1 aliphatic heterocycles. The molecule has 3 aromatic rings. The van der Waals surface area contributed by atoms with Crippen LogP contribution in [0, 0.1) is 0 Å². The molecule has 3 heterocycles. The lowest BCUT2D eigenvalue weighted by molar-refractivity contribution is 0.243. The van der Waals surface area contributed by atoms with Crippen molar-refractivity contribution in [1.82, 2.24) is 29.9 Å². The summed E-state index contributed by atoms with van der Waals surface area (Å²) in [5.74, 6) is 0.567. The smallest absolute Gasteiger partial charge is 0.138 e. The normalized spacial score (nSPS) is 14.7. The maximum absolute atomic E-state index is 4.65. The number of H-pyrrole nitrogens is 1. The van der Waals surface area contributed by atoms with Crippen LogP contribution in [-0.4, -0.2) is 36.4 Å². The fourth-order valence-electron chi connectivity index (χ4n) is 3.87. The quantitative estimate of drug-likeness (QED) is 0.739. The van der Waals surface area contributed by atoms with Crippen molar-refractivity contribution in [1.29, 1.82) is 0 Å². The Balaban J connectivity index is 1.47. The lowest BCUT2D eigenvalue weighted by Gasteiger charge is -2.28. The van der Waals surface area contributed by atoms with Crippen molar-refractivity contribution in [3.05, 3.63) is 59.4 Å². The standard InChI is InChI=1S/C20H26N6/c1-3-16(4-2)20-18-12-25(10-9-19(18)23-24-20)11-15-5-7-17(8-6-15)26-14-21-13-22-26/h5-8,13-14,16H,3-4,9-12H2,1-2H3,(H,23,24). The third kappa shape index (κ3) is 3.29. The number of nitrogens with zero attached hydrogens (tertiary/aromatic N) is 5. The Bertz CT molecular complexity index is 830. The number of fused-ring (bicyclic) bond motifs is 1. The van der Waals surface area contributed by atoms with Crippen LogP contribution in [0.5, 0.6) is 0 Å². The molecule has 2 aromatic heterocycles. The second-order valence-corrected chi connectivity index (χ2v) is 7.05. The minimum Gasteiger partial charge on any atom is -0.294 e. The van der Waals surface area contributed by atoms with Gasteiger partial charge in [-0.1, -0.05) is 26.0 Å². The van der Waals surface area contributed by atoms with Crippen LogP contribution < -0.4 is 0 Å². The van der Waals surface area contributed by atoms with Crippen LogP contribution in [0.3, 0.4) is 0 Å². The van der Waals surface area contributed by atoms with Crippen molar-refractivity contribution in [3.8, 4) is 5.69 Å². The topological polar surface area (TPSA) is 62.6 Å². The van der Waals surface area contributed by atoms with Crippen LogP contribution >= 0.6 is 0 Å². The largest absolute Gasteiger partial charge is 0.294 e. The van der Waals surface area contributed by atoms with Gasteiger partial charge in [0, 0.05) is 43.2 Å². The molecule has 0 fully saturated rings. The Morgan fingerprint density at radius 3 is 2.65 bits per heavy atom. The highest BCUT2D eigenvalue weighted by Crippen LogP contribution is 2.30. The zero-order valence-electron chi connectivity index (χ0n) is 15.5. The summed E-state index contributed by atoms with van der Waals surface area (Å²) in [6.07, 6.45) is 6.63. The van der Waals surface area contributed by atoms with E-state index < -0.39 is 0 Å². The van der Waals surface area contributed by atoms with E-state index in [0.29, 0.717) is 5.92 Å². The molecular formula is C20H26N6. The molecular weight excluding hydrogens is 324 g/mol. The molecule has 0 spiro atoms. The molecule has 1 aliphatic rings. The van der Waals surface area contributed by atoms with Gasteiger partial charge in [-0.2, -0.15) is 10.2 Å². The molecule has 0 unspecified atom stereocenters. The van der Waals surface area contributed by atoms with Crippen molar-refractivity contribution in [2.75, 3.05) is 6.54 Å². The maximum atomic E-state index is 4.65. The van der Waals surface area contributed by atoms with Crippen molar-refractivity contribution in [2.24, 2.45) is 0 Å². The summed E-state index contributed by atoms with van der Waals surface area (Å²) in [6.45, 7) is 7.54. The summed E-state index contributed by atoms with van der Waals surface area (Å²) in [6, 6.07) is 8.58.